The van der Waals surface area contributed by atoms with Crippen molar-refractivity contribution >= 4 is 17.5 Å². The Morgan fingerprint density at radius 2 is 1.72 bits per heavy atom. The Morgan fingerprint density at radius 3 is 2.32 bits per heavy atom. The van der Waals surface area contributed by atoms with Crippen molar-refractivity contribution in [1.82, 2.24) is 5.32 Å². The molecular weight excluding hydrogens is 342 g/mol. The van der Waals surface area contributed by atoms with Crippen molar-refractivity contribution in [3.63, 3.8) is 0 Å². The Morgan fingerprint density at radius 1 is 1.04 bits per heavy atom. The number of methoxy groups -OCH3 is 3. The number of amides is 1. The van der Waals surface area contributed by atoms with Gasteiger partial charge in [0, 0.05) is 10.6 Å². The van der Waals surface area contributed by atoms with Crippen LogP contribution in [0.4, 0.5) is 0 Å². The molecule has 1 amide bonds. The van der Waals surface area contributed by atoms with Crippen LogP contribution in [0, 0.1) is 0 Å². The molecule has 0 aliphatic rings. The highest BCUT2D eigenvalue weighted by molar-refractivity contribution is 6.31. The maximum atomic E-state index is 12.4. The fourth-order valence-corrected chi connectivity index (χ4v) is 2.97. The molecule has 2 aromatic carbocycles. The van der Waals surface area contributed by atoms with Gasteiger partial charge in [0.05, 0.1) is 33.8 Å². The molecule has 134 valence electrons. The molecule has 6 heteroatoms. The van der Waals surface area contributed by atoms with Gasteiger partial charge in [-0.3, -0.25) is 4.79 Å². The van der Waals surface area contributed by atoms with E-state index in [9.17, 15) is 4.79 Å². The van der Waals surface area contributed by atoms with Crippen molar-refractivity contribution in [3.05, 3.63) is 52.5 Å². The number of benzene rings is 2. The largest absolute Gasteiger partial charge is 0.493 e. The lowest BCUT2D eigenvalue weighted by molar-refractivity contribution is -0.121. The van der Waals surface area contributed by atoms with Crippen LogP contribution in [0.25, 0.3) is 0 Å². The second kappa shape index (κ2) is 8.62. The topological polar surface area (TPSA) is 56.8 Å². The second-order valence-electron chi connectivity index (χ2n) is 5.48. The van der Waals surface area contributed by atoms with Crippen LogP contribution in [-0.2, 0) is 11.2 Å². The van der Waals surface area contributed by atoms with E-state index >= 15 is 0 Å². The van der Waals surface area contributed by atoms with Crippen LogP contribution in [0.3, 0.4) is 0 Å². The number of halogens is 1. The molecule has 0 aromatic heterocycles. The Labute approximate surface area is 152 Å². The minimum atomic E-state index is -0.202. The van der Waals surface area contributed by atoms with Crippen LogP contribution in [0.2, 0.25) is 5.02 Å². The summed E-state index contributed by atoms with van der Waals surface area (Å²) in [4.78, 5) is 12.4. The van der Waals surface area contributed by atoms with Crippen molar-refractivity contribution in [3.8, 4) is 17.2 Å². The van der Waals surface area contributed by atoms with Gasteiger partial charge in [0.15, 0.2) is 11.5 Å². The highest BCUT2D eigenvalue weighted by Gasteiger charge is 2.19. The van der Waals surface area contributed by atoms with Crippen LogP contribution < -0.4 is 19.5 Å². The Balaban J connectivity index is 2.16. The third-order valence-corrected chi connectivity index (χ3v) is 4.23. The molecule has 5 nitrogen and oxygen atoms in total. The first-order valence-electron chi connectivity index (χ1n) is 7.83. The zero-order valence-electron chi connectivity index (χ0n) is 14.8. The molecule has 0 aliphatic carbocycles. The number of hydrogen-bond acceptors (Lipinski definition) is 4. The van der Waals surface area contributed by atoms with E-state index < -0.39 is 0 Å². The molecule has 1 atom stereocenters. The van der Waals surface area contributed by atoms with Crippen molar-refractivity contribution in [2.45, 2.75) is 19.4 Å². The molecular formula is C19H22ClNO4. The van der Waals surface area contributed by atoms with Gasteiger partial charge in [0.1, 0.15) is 0 Å². The fourth-order valence-electron chi connectivity index (χ4n) is 2.67. The van der Waals surface area contributed by atoms with Gasteiger partial charge in [0.25, 0.3) is 0 Å². The summed E-state index contributed by atoms with van der Waals surface area (Å²) < 4.78 is 16.0. The summed E-state index contributed by atoms with van der Waals surface area (Å²) in [6.45, 7) is 1.89. The standard InChI is InChI=1S/C19H22ClNO4/c1-12(14-7-5-6-8-15(14)20)21-17(22)11-13-9-10-16(23-2)19(25-4)18(13)24-3/h5-10,12H,11H2,1-4H3,(H,21,22). The SMILES string of the molecule is COc1ccc(CC(=O)NC(C)c2ccccc2Cl)c(OC)c1OC. The summed E-state index contributed by atoms with van der Waals surface area (Å²) in [5.41, 5.74) is 1.58. The van der Waals surface area contributed by atoms with E-state index in [0.29, 0.717) is 27.8 Å². The first-order valence-corrected chi connectivity index (χ1v) is 8.21. The van der Waals surface area contributed by atoms with E-state index in [4.69, 9.17) is 25.8 Å². The molecule has 0 heterocycles. The Kier molecular flexibility index (Phi) is 6.53. The molecule has 0 fully saturated rings. The predicted octanol–water partition coefficient (Wildman–Crippen LogP) is 3.79. The van der Waals surface area contributed by atoms with E-state index in [1.807, 2.05) is 25.1 Å². The summed E-state index contributed by atoms with van der Waals surface area (Å²) in [5.74, 6) is 1.36. The molecule has 0 spiro atoms. The monoisotopic (exact) mass is 363 g/mol. The third-order valence-electron chi connectivity index (χ3n) is 3.89. The third kappa shape index (κ3) is 4.37. The number of ether oxygens (including phenoxy) is 3. The van der Waals surface area contributed by atoms with Crippen LogP contribution in [-0.4, -0.2) is 27.2 Å². The molecule has 0 saturated heterocycles. The Bertz CT molecular complexity index is 748. The van der Waals surface area contributed by atoms with Crippen molar-refractivity contribution in [1.29, 1.82) is 0 Å². The Hall–Kier alpha value is -2.40. The first kappa shape index (κ1) is 18.9. The molecule has 0 saturated carbocycles. The lowest BCUT2D eigenvalue weighted by atomic mass is 10.1. The van der Waals surface area contributed by atoms with Gasteiger partial charge in [-0.25, -0.2) is 0 Å². The van der Waals surface area contributed by atoms with Gasteiger partial charge in [-0.05, 0) is 24.6 Å². The zero-order valence-corrected chi connectivity index (χ0v) is 15.5. The fraction of sp³-hybridized carbons (Fsp3) is 0.316. The lowest BCUT2D eigenvalue weighted by Crippen LogP contribution is -2.28. The number of rotatable bonds is 7. The minimum Gasteiger partial charge on any atom is -0.493 e. The molecule has 0 bridgehead atoms. The summed E-state index contributed by atoms with van der Waals surface area (Å²) in [5, 5.41) is 3.58. The van der Waals surface area contributed by atoms with E-state index in [0.717, 1.165) is 5.56 Å². The van der Waals surface area contributed by atoms with Crippen LogP contribution >= 0.6 is 11.6 Å². The summed E-state index contributed by atoms with van der Waals surface area (Å²) in [6, 6.07) is 10.8. The second-order valence-corrected chi connectivity index (χ2v) is 5.89. The van der Waals surface area contributed by atoms with Crippen LogP contribution in [0.1, 0.15) is 24.1 Å². The summed E-state index contributed by atoms with van der Waals surface area (Å²) in [6.07, 6.45) is 0.151. The smallest absolute Gasteiger partial charge is 0.225 e. The summed E-state index contributed by atoms with van der Waals surface area (Å²) >= 11 is 6.18. The van der Waals surface area contributed by atoms with E-state index in [2.05, 4.69) is 5.32 Å². The summed E-state index contributed by atoms with van der Waals surface area (Å²) in [7, 11) is 4.61. The molecule has 0 aliphatic heterocycles. The average Bonchev–Trinajstić information content (AvgIpc) is 2.61. The van der Waals surface area contributed by atoms with E-state index in [-0.39, 0.29) is 18.4 Å². The highest BCUT2D eigenvalue weighted by Crippen LogP contribution is 2.39. The molecule has 0 radical (unpaired) electrons. The van der Waals surface area contributed by atoms with Gasteiger partial charge in [-0.1, -0.05) is 35.9 Å². The van der Waals surface area contributed by atoms with Crippen molar-refractivity contribution in [2.75, 3.05) is 21.3 Å². The van der Waals surface area contributed by atoms with Crippen LogP contribution in [0.5, 0.6) is 17.2 Å². The van der Waals surface area contributed by atoms with Gasteiger partial charge >= 0.3 is 0 Å². The first-order chi connectivity index (χ1) is 12.0. The average molecular weight is 364 g/mol. The molecule has 1 N–H and O–H groups in total. The maximum absolute atomic E-state index is 12.4. The normalized spacial score (nSPS) is 11.6. The number of hydrogen-bond donors (Lipinski definition) is 1. The van der Waals surface area contributed by atoms with E-state index in [1.165, 1.54) is 14.2 Å². The molecule has 2 rings (SSSR count). The molecule has 2 aromatic rings. The number of nitrogens with one attached hydrogen (secondary N) is 1. The van der Waals surface area contributed by atoms with Crippen molar-refractivity contribution in [2.24, 2.45) is 0 Å². The number of carbonyl (C=O) groups is 1. The highest BCUT2D eigenvalue weighted by atomic mass is 35.5. The maximum Gasteiger partial charge on any atom is 0.225 e. The lowest BCUT2D eigenvalue weighted by Gasteiger charge is -2.18. The van der Waals surface area contributed by atoms with Gasteiger partial charge in [-0.2, -0.15) is 0 Å². The molecule has 1 unspecified atom stereocenters. The van der Waals surface area contributed by atoms with Gasteiger partial charge in [-0.15, -0.1) is 0 Å². The quantitative estimate of drug-likeness (QED) is 0.813. The van der Waals surface area contributed by atoms with E-state index in [1.54, 1.807) is 25.3 Å². The van der Waals surface area contributed by atoms with Crippen LogP contribution in [0.15, 0.2) is 36.4 Å². The minimum absolute atomic E-state index is 0.141. The predicted molar refractivity (Wildman–Crippen MR) is 97.8 cm³/mol. The van der Waals surface area contributed by atoms with Gasteiger partial charge < -0.3 is 19.5 Å². The van der Waals surface area contributed by atoms with Gasteiger partial charge in [0.2, 0.25) is 11.7 Å². The number of carbonyl (C=O) groups excluding carboxylic acids is 1. The van der Waals surface area contributed by atoms with Crippen molar-refractivity contribution < 1.29 is 19.0 Å². The zero-order chi connectivity index (χ0) is 18.4. The molecule has 25 heavy (non-hydrogen) atoms.